The lowest BCUT2D eigenvalue weighted by Gasteiger charge is -2.05. The zero-order valence-electron chi connectivity index (χ0n) is 10.1. The average molecular weight is 281 g/mol. The van der Waals surface area contributed by atoms with Crippen molar-refractivity contribution in [1.82, 2.24) is 9.97 Å². The molecule has 0 aliphatic carbocycles. The largest absolute Gasteiger partial charge is 0.504 e. The Hall–Kier alpha value is -1.26. The van der Waals surface area contributed by atoms with E-state index in [1.807, 2.05) is 24.3 Å². The summed E-state index contributed by atoms with van der Waals surface area (Å²) in [7, 11) is 0. The molecule has 1 aromatic carbocycles. The van der Waals surface area contributed by atoms with E-state index in [0.717, 1.165) is 16.3 Å². The highest BCUT2D eigenvalue weighted by Gasteiger charge is 2.07. The van der Waals surface area contributed by atoms with E-state index in [1.165, 1.54) is 11.8 Å². The van der Waals surface area contributed by atoms with Crippen molar-refractivity contribution in [2.24, 2.45) is 0 Å². The quantitative estimate of drug-likeness (QED) is 0.687. The van der Waals surface area contributed by atoms with Crippen LogP contribution in [0.25, 0.3) is 0 Å². The van der Waals surface area contributed by atoms with Crippen molar-refractivity contribution in [1.29, 1.82) is 0 Å². The average Bonchev–Trinajstić information content (AvgIpc) is 2.35. The van der Waals surface area contributed by atoms with Crippen molar-refractivity contribution in [3.8, 4) is 5.75 Å². The van der Waals surface area contributed by atoms with Gasteiger partial charge < -0.3 is 5.11 Å². The van der Waals surface area contributed by atoms with Crippen LogP contribution in [0.15, 0.2) is 29.4 Å². The van der Waals surface area contributed by atoms with Gasteiger partial charge in [-0.1, -0.05) is 35.5 Å². The zero-order chi connectivity index (χ0) is 13.1. The molecule has 0 amide bonds. The molecule has 0 fully saturated rings. The Kier molecular flexibility index (Phi) is 4.09. The van der Waals surface area contributed by atoms with E-state index in [1.54, 1.807) is 13.8 Å². The number of nitrogens with zero attached hydrogens (tertiary/aromatic N) is 2. The molecule has 0 aliphatic rings. The topological polar surface area (TPSA) is 46.0 Å². The smallest absolute Gasteiger partial charge is 0.188 e. The van der Waals surface area contributed by atoms with E-state index < -0.39 is 0 Å². The monoisotopic (exact) mass is 280 g/mol. The lowest BCUT2D eigenvalue weighted by Crippen LogP contribution is -1.94. The molecule has 18 heavy (non-hydrogen) atoms. The maximum atomic E-state index is 9.60. The number of thioether (sulfide) groups is 1. The second-order valence-electron chi connectivity index (χ2n) is 3.94. The Morgan fingerprint density at radius 3 is 2.22 bits per heavy atom. The van der Waals surface area contributed by atoms with E-state index in [9.17, 15) is 5.11 Å². The fraction of sp³-hybridized carbons (Fsp3) is 0.231. The van der Waals surface area contributed by atoms with Crippen molar-refractivity contribution in [3.63, 3.8) is 0 Å². The molecule has 0 bridgehead atoms. The summed E-state index contributed by atoms with van der Waals surface area (Å²) in [6.07, 6.45) is 0. The third-order valence-corrected chi connectivity index (χ3v) is 3.66. The molecule has 1 heterocycles. The van der Waals surface area contributed by atoms with Crippen molar-refractivity contribution in [3.05, 3.63) is 46.2 Å². The molecule has 1 aromatic heterocycles. The maximum absolute atomic E-state index is 9.60. The van der Waals surface area contributed by atoms with Crippen molar-refractivity contribution in [2.75, 3.05) is 0 Å². The highest BCUT2D eigenvalue weighted by Crippen LogP contribution is 2.24. The van der Waals surface area contributed by atoms with Gasteiger partial charge in [-0.3, -0.25) is 0 Å². The number of aromatic nitrogens is 2. The number of halogens is 1. The number of hydrogen-bond donors (Lipinski definition) is 1. The first-order chi connectivity index (χ1) is 8.56. The predicted octanol–water partition coefficient (Wildman–Crippen LogP) is 3.74. The van der Waals surface area contributed by atoms with Gasteiger partial charge in [0.15, 0.2) is 10.9 Å². The van der Waals surface area contributed by atoms with Crippen molar-refractivity contribution >= 4 is 23.4 Å². The Morgan fingerprint density at radius 2 is 1.67 bits per heavy atom. The van der Waals surface area contributed by atoms with Gasteiger partial charge in [0.05, 0.1) is 11.4 Å². The molecule has 0 spiro atoms. The van der Waals surface area contributed by atoms with E-state index in [2.05, 4.69) is 9.97 Å². The molecule has 0 saturated heterocycles. The third kappa shape index (κ3) is 3.15. The maximum Gasteiger partial charge on any atom is 0.188 e. The molecule has 0 saturated carbocycles. The molecular weight excluding hydrogens is 268 g/mol. The molecule has 0 aliphatic heterocycles. The van der Waals surface area contributed by atoms with Crippen LogP contribution in [0.2, 0.25) is 5.02 Å². The highest BCUT2D eigenvalue weighted by atomic mass is 35.5. The number of rotatable bonds is 3. The van der Waals surface area contributed by atoms with Crippen LogP contribution in [-0.2, 0) is 5.75 Å². The second-order valence-corrected chi connectivity index (χ2v) is 5.32. The van der Waals surface area contributed by atoms with E-state index in [0.29, 0.717) is 16.5 Å². The van der Waals surface area contributed by atoms with Crippen LogP contribution in [0, 0.1) is 13.8 Å². The Morgan fingerprint density at radius 1 is 1.11 bits per heavy atom. The first kappa shape index (κ1) is 13.2. The molecular formula is C13H13ClN2OS. The highest BCUT2D eigenvalue weighted by molar-refractivity contribution is 7.98. The van der Waals surface area contributed by atoms with Gasteiger partial charge >= 0.3 is 0 Å². The van der Waals surface area contributed by atoms with Crippen LogP contribution >= 0.6 is 23.4 Å². The molecule has 0 unspecified atom stereocenters. The molecule has 1 N–H and O–H groups in total. The van der Waals surface area contributed by atoms with E-state index in [-0.39, 0.29) is 5.75 Å². The Labute approximate surface area is 115 Å². The number of aryl methyl sites for hydroxylation is 2. The fourth-order valence-electron chi connectivity index (χ4n) is 1.47. The number of benzene rings is 1. The van der Waals surface area contributed by atoms with Gasteiger partial charge in [-0.05, 0) is 31.5 Å². The normalized spacial score (nSPS) is 10.6. The first-order valence-electron chi connectivity index (χ1n) is 5.47. The molecule has 3 nitrogen and oxygen atoms in total. The third-order valence-electron chi connectivity index (χ3n) is 2.49. The summed E-state index contributed by atoms with van der Waals surface area (Å²) in [5.41, 5.74) is 2.39. The minimum Gasteiger partial charge on any atom is -0.504 e. The van der Waals surface area contributed by atoms with Crippen LogP contribution in [0.5, 0.6) is 5.75 Å². The summed E-state index contributed by atoms with van der Waals surface area (Å²) in [5, 5.41) is 11.0. The van der Waals surface area contributed by atoms with Crippen LogP contribution in [0.1, 0.15) is 17.0 Å². The van der Waals surface area contributed by atoms with Gasteiger partial charge in [0.1, 0.15) is 0 Å². The lowest BCUT2D eigenvalue weighted by molar-refractivity contribution is 0.456. The minimum absolute atomic E-state index is 0.172. The molecule has 94 valence electrons. The van der Waals surface area contributed by atoms with Gasteiger partial charge in [-0.25, -0.2) is 9.97 Å². The first-order valence-corrected chi connectivity index (χ1v) is 6.84. The summed E-state index contributed by atoms with van der Waals surface area (Å²) < 4.78 is 0. The molecule has 5 heteroatoms. The summed E-state index contributed by atoms with van der Waals surface area (Å²) >= 11 is 7.37. The molecule has 0 atom stereocenters. The predicted molar refractivity (Wildman–Crippen MR) is 74.2 cm³/mol. The fourth-order valence-corrected chi connectivity index (χ4v) is 2.49. The SMILES string of the molecule is Cc1nc(SCc2ccc(Cl)cc2)nc(C)c1O. The summed E-state index contributed by atoms with van der Waals surface area (Å²) in [6.45, 7) is 3.55. The zero-order valence-corrected chi connectivity index (χ0v) is 11.7. The Bertz CT molecular complexity index is 534. The van der Waals surface area contributed by atoms with Gasteiger partial charge in [0.25, 0.3) is 0 Å². The van der Waals surface area contributed by atoms with Crippen LogP contribution in [0.4, 0.5) is 0 Å². The molecule has 0 radical (unpaired) electrons. The molecule has 2 rings (SSSR count). The van der Waals surface area contributed by atoms with Crippen LogP contribution in [0.3, 0.4) is 0 Å². The van der Waals surface area contributed by atoms with Crippen LogP contribution < -0.4 is 0 Å². The van der Waals surface area contributed by atoms with Gasteiger partial charge in [-0.15, -0.1) is 0 Å². The second kappa shape index (κ2) is 5.59. The van der Waals surface area contributed by atoms with Gasteiger partial charge in [0.2, 0.25) is 0 Å². The van der Waals surface area contributed by atoms with Crippen molar-refractivity contribution < 1.29 is 5.11 Å². The standard InChI is InChI=1S/C13H13ClN2OS/c1-8-12(17)9(2)16-13(15-8)18-7-10-3-5-11(14)6-4-10/h3-6,17H,7H2,1-2H3. The minimum atomic E-state index is 0.172. The van der Waals surface area contributed by atoms with Gasteiger partial charge in [-0.2, -0.15) is 0 Å². The summed E-state index contributed by atoms with van der Waals surface area (Å²) in [4.78, 5) is 8.48. The lowest BCUT2D eigenvalue weighted by atomic mass is 10.2. The van der Waals surface area contributed by atoms with Gasteiger partial charge in [0, 0.05) is 10.8 Å². The van der Waals surface area contributed by atoms with E-state index in [4.69, 9.17) is 11.6 Å². The summed E-state index contributed by atoms with van der Waals surface area (Å²) in [5.74, 6) is 0.951. The number of hydrogen-bond acceptors (Lipinski definition) is 4. The number of aromatic hydroxyl groups is 1. The van der Waals surface area contributed by atoms with Crippen molar-refractivity contribution in [2.45, 2.75) is 24.8 Å². The van der Waals surface area contributed by atoms with E-state index >= 15 is 0 Å². The van der Waals surface area contributed by atoms with Crippen LogP contribution in [-0.4, -0.2) is 15.1 Å². The Balaban J connectivity index is 2.08. The summed E-state index contributed by atoms with van der Waals surface area (Å²) in [6, 6.07) is 7.70. The molecule has 2 aromatic rings.